The van der Waals surface area contributed by atoms with Crippen LogP contribution < -0.4 is 10.1 Å². The number of hydrogen-bond acceptors (Lipinski definition) is 4. The van der Waals surface area contributed by atoms with E-state index in [4.69, 9.17) is 4.74 Å². The van der Waals surface area contributed by atoms with Gasteiger partial charge in [0.15, 0.2) is 5.78 Å². The highest BCUT2D eigenvalue weighted by atomic mass is 19.1. The summed E-state index contributed by atoms with van der Waals surface area (Å²) in [7, 11) is 0. The van der Waals surface area contributed by atoms with Gasteiger partial charge < -0.3 is 15.2 Å². The van der Waals surface area contributed by atoms with E-state index in [1.165, 1.54) is 24.3 Å². The minimum absolute atomic E-state index is 0.209. The van der Waals surface area contributed by atoms with E-state index in [9.17, 15) is 19.1 Å². The van der Waals surface area contributed by atoms with E-state index in [0.29, 0.717) is 23.6 Å². The summed E-state index contributed by atoms with van der Waals surface area (Å²) < 4.78 is 19.1. The maximum Gasteiger partial charge on any atom is 0.304 e. The molecule has 5 nitrogen and oxygen atoms in total. The Balaban J connectivity index is 1.58. The van der Waals surface area contributed by atoms with Gasteiger partial charge in [-0.1, -0.05) is 30.3 Å². The summed E-state index contributed by atoms with van der Waals surface area (Å²) in [5.41, 5.74) is 2.78. The summed E-state index contributed by atoms with van der Waals surface area (Å²) in [6.07, 6.45) is -0.209. The monoisotopic (exact) mass is 405 g/mol. The standard InChI is InChI=1S/C24H20FNO4/c25-17-8-6-16(7-9-17)24(29)23-20(13-22(27)28)19-12-18(10-11-21(19)26-23)30-14-15-4-2-1-3-5-15/h1-12,20,23,26H,13-14H2,(H,27,28). The number of carboxylic acids is 1. The summed E-state index contributed by atoms with van der Waals surface area (Å²) in [5, 5.41) is 12.5. The van der Waals surface area contributed by atoms with Gasteiger partial charge >= 0.3 is 5.97 Å². The van der Waals surface area contributed by atoms with E-state index in [-0.39, 0.29) is 12.2 Å². The molecule has 1 aliphatic heterocycles. The zero-order valence-electron chi connectivity index (χ0n) is 16.0. The van der Waals surface area contributed by atoms with Crippen LogP contribution in [0, 0.1) is 5.82 Å². The summed E-state index contributed by atoms with van der Waals surface area (Å²) in [4.78, 5) is 24.5. The SMILES string of the molecule is O=C(O)CC1c2cc(OCc3ccccc3)ccc2NC1C(=O)c1ccc(F)cc1. The van der Waals surface area contributed by atoms with Gasteiger partial charge in [0.1, 0.15) is 18.2 Å². The van der Waals surface area contributed by atoms with Crippen LogP contribution in [0.25, 0.3) is 0 Å². The van der Waals surface area contributed by atoms with Crippen molar-refractivity contribution in [2.24, 2.45) is 0 Å². The number of anilines is 1. The molecule has 2 N–H and O–H groups in total. The van der Waals surface area contributed by atoms with Crippen LogP contribution in [0.1, 0.15) is 33.8 Å². The number of carbonyl (C=O) groups excluding carboxylic acids is 1. The summed E-state index contributed by atoms with van der Waals surface area (Å²) in [6, 6.07) is 19.6. The van der Waals surface area contributed by atoms with E-state index < -0.39 is 23.7 Å². The molecule has 2 unspecified atom stereocenters. The van der Waals surface area contributed by atoms with Gasteiger partial charge in [0, 0.05) is 17.2 Å². The lowest BCUT2D eigenvalue weighted by atomic mass is 9.87. The Labute approximate surface area is 173 Å². The van der Waals surface area contributed by atoms with Crippen LogP contribution in [-0.2, 0) is 11.4 Å². The highest BCUT2D eigenvalue weighted by Gasteiger charge is 2.38. The Hall–Kier alpha value is -3.67. The van der Waals surface area contributed by atoms with E-state index in [1.807, 2.05) is 30.3 Å². The van der Waals surface area contributed by atoms with Gasteiger partial charge in [-0.25, -0.2) is 4.39 Å². The molecule has 0 fully saturated rings. The number of halogens is 1. The van der Waals surface area contributed by atoms with Crippen LogP contribution in [0.3, 0.4) is 0 Å². The van der Waals surface area contributed by atoms with Crippen LogP contribution in [0.4, 0.5) is 10.1 Å². The average Bonchev–Trinajstić information content (AvgIpc) is 3.10. The van der Waals surface area contributed by atoms with Crippen molar-refractivity contribution >= 4 is 17.4 Å². The fourth-order valence-electron chi connectivity index (χ4n) is 3.72. The van der Waals surface area contributed by atoms with Gasteiger partial charge in [0.25, 0.3) is 0 Å². The fraction of sp³-hybridized carbons (Fsp3) is 0.167. The molecule has 3 aromatic carbocycles. The Morgan fingerprint density at radius 2 is 1.73 bits per heavy atom. The smallest absolute Gasteiger partial charge is 0.304 e. The largest absolute Gasteiger partial charge is 0.489 e. The number of nitrogens with one attached hydrogen (secondary N) is 1. The summed E-state index contributed by atoms with van der Waals surface area (Å²) >= 11 is 0. The molecule has 6 heteroatoms. The normalized spacial score (nSPS) is 17.1. The van der Waals surface area contributed by atoms with Gasteiger partial charge in [-0.3, -0.25) is 9.59 Å². The molecular weight excluding hydrogens is 385 g/mol. The number of ether oxygens (including phenoxy) is 1. The van der Waals surface area contributed by atoms with Crippen molar-refractivity contribution < 1.29 is 23.8 Å². The molecule has 0 saturated carbocycles. The lowest BCUT2D eigenvalue weighted by molar-refractivity contribution is -0.137. The third-order valence-corrected chi connectivity index (χ3v) is 5.19. The molecule has 4 rings (SSSR count). The lowest BCUT2D eigenvalue weighted by Crippen LogP contribution is -2.32. The molecule has 152 valence electrons. The number of fused-ring (bicyclic) bond motifs is 1. The van der Waals surface area contributed by atoms with Crippen LogP contribution in [0.2, 0.25) is 0 Å². The molecule has 1 heterocycles. The average molecular weight is 405 g/mol. The van der Waals surface area contributed by atoms with Crippen molar-refractivity contribution in [3.05, 3.63) is 95.3 Å². The molecule has 0 radical (unpaired) electrons. The number of rotatable bonds is 7. The first-order valence-corrected chi connectivity index (χ1v) is 9.60. The van der Waals surface area contributed by atoms with Crippen molar-refractivity contribution in [3.8, 4) is 5.75 Å². The molecule has 0 saturated heterocycles. The molecular formula is C24H20FNO4. The third-order valence-electron chi connectivity index (χ3n) is 5.19. The molecule has 0 bridgehead atoms. The first-order valence-electron chi connectivity index (χ1n) is 9.60. The number of Topliss-reactive ketones (excluding diaryl/α,β-unsaturated/α-hetero) is 1. The second-order valence-electron chi connectivity index (χ2n) is 7.22. The number of hydrogen-bond donors (Lipinski definition) is 2. The molecule has 0 aromatic heterocycles. The first kappa shape index (κ1) is 19.6. The number of ketones is 1. The Kier molecular flexibility index (Phi) is 5.48. The molecule has 1 aliphatic rings. The Morgan fingerprint density at radius 3 is 2.43 bits per heavy atom. The van der Waals surface area contributed by atoms with Crippen LogP contribution in [0.5, 0.6) is 5.75 Å². The van der Waals surface area contributed by atoms with Crippen LogP contribution in [-0.4, -0.2) is 22.9 Å². The maximum absolute atomic E-state index is 13.2. The zero-order chi connectivity index (χ0) is 21.1. The molecule has 3 aromatic rings. The Bertz CT molecular complexity index is 1070. The number of carboxylic acid groups (broad SMARTS) is 1. The van der Waals surface area contributed by atoms with Crippen LogP contribution in [0.15, 0.2) is 72.8 Å². The predicted molar refractivity (Wildman–Crippen MR) is 110 cm³/mol. The van der Waals surface area contributed by atoms with Crippen molar-refractivity contribution in [1.82, 2.24) is 0 Å². The second kappa shape index (κ2) is 8.37. The minimum Gasteiger partial charge on any atom is -0.489 e. The summed E-state index contributed by atoms with van der Waals surface area (Å²) in [6.45, 7) is 0.384. The molecule has 2 atom stereocenters. The minimum atomic E-state index is -0.998. The van der Waals surface area contributed by atoms with E-state index in [2.05, 4.69) is 5.32 Å². The quantitative estimate of drug-likeness (QED) is 0.560. The molecule has 0 amide bonds. The number of carbonyl (C=O) groups is 2. The maximum atomic E-state index is 13.2. The van der Waals surface area contributed by atoms with Crippen molar-refractivity contribution in [2.75, 3.05) is 5.32 Å². The summed E-state index contributed by atoms with van der Waals surface area (Å²) in [5.74, 6) is -1.66. The van der Waals surface area contributed by atoms with Gasteiger partial charge in [0.05, 0.1) is 12.5 Å². The second-order valence-corrected chi connectivity index (χ2v) is 7.22. The lowest BCUT2D eigenvalue weighted by Gasteiger charge is -2.18. The van der Waals surface area contributed by atoms with Gasteiger partial charge in [0.2, 0.25) is 0 Å². The first-order chi connectivity index (χ1) is 14.5. The molecule has 0 spiro atoms. The van der Waals surface area contributed by atoms with E-state index in [0.717, 1.165) is 11.1 Å². The fourth-order valence-corrected chi connectivity index (χ4v) is 3.72. The topological polar surface area (TPSA) is 75.6 Å². The van der Waals surface area contributed by atoms with E-state index in [1.54, 1.807) is 18.2 Å². The van der Waals surface area contributed by atoms with Crippen molar-refractivity contribution in [2.45, 2.75) is 25.0 Å². The highest BCUT2D eigenvalue weighted by molar-refractivity contribution is 6.04. The van der Waals surface area contributed by atoms with E-state index >= 15 is 0 Å². The van der Waals surface area contributed by atoms with Gasteiger partial charge in [-0.15, -0.1) is 0 Å². The Morgan fingerprint density at radius 1 is 1.00 bits per heavy atom. The molecule has 0 aliphatic carbocycles. The van der Waals surface area contributed by atoms with Gasteiger partial charge in [-0.05, 0) is 53.6 Å². The van der Waals surface area contributed by atoms with Gasteiger partial charge in [-0.2, -0.15) is 0 Å². The number of benzene rings is 3. The highest BCUT2D eigenvalue weighted by Crippen LogP contribution is 2.41. The third kappa shape index (κ3) is 4.17. The predicted octanol–water partition coefficient (Wildman–Crippen LogP) is 4.64. The van der Waals surface area contributed by atoms with Crippen LogP contribution >= 0.6 is 0 Å². The molecule has 30 heavy (non-hydrogen) atoms. The van der Waals surface area contributed by atoms with Crippen molar-refractivity contribution in [1.29, 1.82) is 0 Å². The van der Waals surface area contributed by atoms with Crippen molar-refractivity contribution in [3.63, 3.8) is 0 Å². The number of aliphatic carboxylic acids is 1. The zero-order valence-corrected chi connectivity index (χ0v) is 16.0.